The predicted octanol–water partition coefficient (Wildman–Crippen LogP) is 5.53. The van der Waals surface area contributed by atoms with Crippen LogP contribution in [0.15, 0.2) is 0 Å². The van der Waals surface area contributed by atoms with Gasteiger partial charge in [0.25, 0.3) is 0 Å². The average molecular weight is 393 g/mol. The van der Waals surface area contributed by atoms with Crippen LogP contribution in [-0.2, 0) is 19.1 Å². The summed E-state index contributed by atoms with van der Waals surface area (Å²) in [5.41, 5.74) is 0.0748. The van der Waals surface area contributed by atoms with Gasteiger partial charge in [-0.25, -0.2) is 4.79 Å². The molecule has 0 amide bonds. The lowest BCUT2D eigenvalue weighted by Gasteiger charge is -2.65. The molecule has 0 heterocycles. The monoisotopic (exact) mass is 392 g/mol. The number of carbonyl (C=O) groups is 2. The zero-order valence-corrected chi connectivity index (χ0v) is 18.6. The molecule has 0 aliphatic heterocycles. The van der Waals surface area contributed by atoms with E-state index in [1.807, 2.05) is 13.8 Å². The summed E-state index contributed by atoms with van der Waals surface area (Å²) in [6.45, 7) is 10.5. The van der Waals surface area contributed by atoms with Crippen LogP contribution in [0.1, 0.15) is 92.4 Å². The van der Waals surface area contributed by atoms with Gasteiger partial charge >= 0.3 is 11.9 Å². The van der Waals surface area contributed by atoms with E-state index < -0.39 is 0 Å². The molecule has 4 heteroatoms. The minimum Gasteiger partial charge on any atom is -0.456 e. The largest absolute Gasteiger partial charge is 0.456 e. The molecular formula is C24H40O4. The maximum Gasteiger partial charge on any atom is 0.344 e. The van der Waals surface area contributed by atoms with Crippen LogP contribution < -0.4 is 0 Å². The normalized spacial score (nSPS) is 38.1. The Hall–Kier alpha value is -1.06. The highest BCUT2D eigenvalue weighted by molar-refractivity contribution is 5.77. The van der Waals surface area contributed by atoms with Crippen molar-refractivity contribution in [1.82, 2.24) is 0 Å². The fourth-order valence-corrected chi connectivity index (χ4v) is 6.87. The molecule has 4 rings (SSSR count). The van der Waals surface area contributed by atoms with Gasteiger partial charge in [-0.2, -0.15) is 0 Å². The Morgan fingerprint density at radius 2 is 1.71 bits per heavy atom. The Morgan fingerprint density at radius 3 is 2.25 bits per heavy atom. The van der Waals surface area contributed by atoms with E-state index in [9.17, 15) is 9.59 Å². The smallest absolute Gasteiger partial charge is 0.344 e. The Kier molecular flexibility index (Phi) is 6.46. The second-order valence-electron chi connectivity index (χ2n) is 10.4. The van der Waals surface area contributed by atoms with E-state index in [1.165, 1.54) is 38.5 Å². The van der Waals surface area contributed by atoms with Crippen molar-refractivity contribution in [3.05, 3.63) is 0 Å². The molecule has 0 saturated heterocycles. The van der Waals surface area contributed by atoms with Crippen molar-refractivity contribution in [1.29, 1.82) is 0 Å². The zero-order valence-electron chi connectivity index (χ0n) is 18.6. The highest BCUT2D eigenvalue weighted by atomic mass is 16.6. The van der Waals surface area contributed by atoms with Crippen molar-refractivity contribution in [3.8, 4) is 0 Å². The van der Waals surface area contributed by atoms with Gasteiger partial charge in [0, 0.05) is 11.8 Å². The first-order valence-electron chi connectivity index (χ1n) is 11.6. The first kappa shape index (κ1) is 21.6. The van der Waals surface area contributed by atoms with E-state index in [4.69, 9.17) is 9.47 Å². The van der Waals surface area contributed by atoms with Crippen LogP contribution in [0.3, 0.4) is 0 Å². The summed E-state index contributed by atoms with van der Waals surface area (Å²) in [4.78, 5) is 24.8. The van der Waals surface area contributed by atoms with Gasteiger partial charge in [-0.1, -0.05) is 47.5 Å². The second-order valence-corrected chi connectivity index (χ2v) is 10.4. The van der Waals surface area contributed by atoms with Crippen LogP contribution in [0.4, 0.5) is 0 Å². The molecule has 4 saturated carbocycles. The molecule has 160 valence electrons. The number of ether oxygens (including phenoxy) is 2. The molecular weight excluding hydrogens is 352 g/mol. The molecule has 4 nitrogen and oxygen atoms in total. The summed E-state index contributed by atoms with van der Waals surface area (Å²) in [5.74, 6) is 1.26. The Labute approximate surface area is 171 Å². The van der Waals surface area contributed by atoms with E-state index in [-0.39, 0.29) is 30.1 Å². The van der Waals surface area contributed by atoms with Gasteiger partial charge in [0.1, 0.15) is 5.60 Å². The fourth-order valence-electron chi connectivity index (χ4n) is 6.87. The number of unbranched alkanes of at least 4 members (excludes halogenated alkanes) is 1. The van der Waals surface area contributed by atoms with Crippen molar-refractivity contribution < 1.29 is 19.1 Å². The van der Waals surface area contributed by atoms with Gasteiger partial charge in [-0.05, 0) is 62.2 Å². The standard InChI is InChI=1S/C24H40O4/c1-6-8-9-17(4)24(28-21(25)15-27-22(26)16(3)7-2)19-10-18-11-20(24)14-23(5,12-18)13-19/h16-20H,6-15H2,1-5H3. The fraction of sp³-hybridized carbons (Fsp3) is 0.917. The SMILES string of the molecule is CCCCC(C)C1(OC(=O)COC(=O)C(C)CC)C2CC3CC1CC(C)(C3)C2. The molecule has 4 unspecified atom stereocenters. The molecule has 4 aliphatic rings. The molecule has 4 atom stereocenters. The van der Waals surface area contributed by atoms with Crippen LogP contribution in [0.2, 0.25) is 0 Å². The molecule has 0 aromatic carbocycles. The lowest BCUT2D eigenvalue weighted by molar-refractivity contribution is -0.243. The Balaban J connectivity index is 1.75. The van der Waals surface area contributed by atoms with Crippen molar-refractivity contribution >= 4 is 11.9 Å². The number of esters is 2. The summed E-state index contributed by atoms with van der Waals surface area (Å²) in [6.07, 6.45) is 10.2. The zero-order chi connectivity index (χ0) is 20.5. The number of carbonyl (C=O) groups excluding carboxylic acids is 2. The number of rotatable bonds is 9. The summed E-state index contributed by atoms with van der Waals surface area (Å²) in [7, 11) is 0. The minimum absolute atomic E-state index is 0.175. The third-order valence-corrected chi connectivity index (χ3v) is 8.17. The van der Waals surface area contributed by atoms with Gasteiger partial charge in [-0.3, -0.25) is 4.79 Å². The van der Waals surface area contributed by atoms with Crippen molar-refractivity contribution in [2.24, 2.45) is 35.0 Å². The average Bonchev–Trinajstić information content (AvgIpc) is 2.65. The van der Waals surface area contributed by atoms with Crippen LogP contribution in [0.5, 0.6) is 0 Å². The van der Waals surface area contributed by atoms with Crippen molar-refractivity contribution in [2.75, 3.05) is 6.61 Å². The molecule has 4 bridgehead atoms. The Morgan fingerprint density at radius 1 is 1.07 bits per heavy atom. The van der Waals surface area contributed by atoms with Crippen LogP contribution in [-0.4, -0.2) is 24.1 Å². The van der Waals surface area contributed by atoms with Gasteiger partial charge < -0.3 is 9.47 Å². The van der Waals surface area contributed by atoms with E-state index >= 15 is 0 Å². The minimum atomic E-state index is -0.356. The first-order chi connectivity index (χ1) is 13.2. The quantitative estimate of drug-likeness (QED) is 0.484. The first-order valence-corrected chi connectivity index (χ1v) is 11.6. The van der Waals surface area contributed by atoms with Crippen molar-refractivity contribution in [3.63, 3.8) is 0 Å². The summed E-state index contributed by atoms with van der Waals surface area (Å²) in [6, 6.07) is 0. The molecule has 0 aromatic rings. The maximum atomic E-state index is 12.8. The van der Waals surface area contributed by atoms with Crippen LogP contribution in [0.25, 0.3) is 0 Å². The van der Waals surface area contributed by atoms with Crippen LogP contribution >= 0.6 is 0 Å². The lowest BCUT2D eigenvalue weighted by Crippen LogP contribution is -2.65. The number of hydrogen-bond acceptors (Lipinski definition) is 4. The Bertz CT molecular complexity index is 567. The second kappa shape index (κ2) is 8.36. The van der Waals surface area contributed by atoms with E-state index in [1.54, 1.807) is 0 Å². The lowest BCUT2D eigenvalue weighted by atomic mass is 9.43. The topological polar surface area (TPSA) is 52.6 Å². The molecule has 4 fully saturated rings. The third-order valence-electron chi connectivity index (χ3n) is 8.17. The highest BCUT2D eigenvalue weighted by Crippen LogP contribution is 2.66. The van der Waals surface area contributed by atoms with Gasteiger partial charge in [-0.15, -0.1) is 0 Å². The van der Waals surface area contributed by atoms with E-state index in [2.05, 4.69) is 20.8 Å². The molecule has 0 radical (unpaired) electrons. The van der Waals surface area contributed by atoms with Gasteiger partial charge in [0.05, 0.1) is 5.92 Å². The predicted molar refractivity (Wildman–Crippen MR) is 110 cm³/mol. The van der Waals surface area contributed by atoms with Crippen LogP contribution in [0, 0.1) is 35.0 Å². The van der Waals surface area contributed by atoms with Crippen molar-refractivity contribution in [2.45, 2.75) is 98.0 Å². The number of hydrogen-bond donors (Lipinski definition) is 0. The van der Waals surface area contributed by atoms with E-state index in [0.29, 0.717) is 23.2 Å². The molecule has 0 N–H and O–H groups in total. The molecule has 0 aromatic heterocycles. The summed E-state index contributed by atoms with van der Waals surface area (Å²) >= 11 is 0. The molecule has 0 spiro atoms. The highest BCUT2D eigenvalue weighted by Gasteiger charge is 2.64. The molecule has 4 aliphatic carbocycles. The molecule has 28 heavy (non-hydrogen) atoms. The third kappa shape index (κ3) is 3.98. The van der Waals surface area contributed by atoms with Gasteiger partial charge in [0.15, 0.2) is 6.61 Å². The summed E-state index contributed by atoms with van der Waals surface area (Å²) in [5, 5.41) is 0. The van der Waals surface area contributed by atoms with E-state index in [0.717, 1.165) is 25.2 Å². The summed E-state index contributed by atoms with van der Waals surface area (Å²) < 4.78 is 11.6. The van der Waals surface area contributed by atoms with Gasteiger partial charge in [0.2, 0.25) is 0 Å². The maximum absolute atomic E-state index is 12.8.